The number of likely N-dealkylation sites (tertiary alicyclic amines) is 1. The maximum Gasteiger partial charge on any atom is 0.244 e. The molecule has 2 aliphatic rings. The highest BCUT2D eigenvalue weighted by Crippen LogP contribution is 2.38. The molecule has 2 fully saturated rings. The maximum atomic E-state index is 13.1. The Balaban J connectivity index is 1.72. The molecule has 24 heavy (non-hydrogen) atoms. The van der Waals surface area contributed by atoms with Crippen LogP contribution in [-0.2, 0) is 9.59 Å². The Hall–Kier alpha value is -1.88. The third kappa shape index (κ3) is 3.31. The van der Waals surface area contributed by atoms with Crippen molar-refractivity contribution < 1.29 is 9.59 Å². The summed E-state index contributed by atoms with van der Waals surface area (Å²) in [5.74, 6) is 0.318. The summed E-state index contributed by atoms with van der Waals surface area (Å²) < 4.78 is 0. The smallest absolute Gasteiger partial charge is 0.244 e. The molecule has 1 atom stereocenters. The van der Waals surface area contributed by atoms with E-state index in [0.717, 1.165) is 38.0 Å². The molecule has 0 aromatic heterocycles. The lowest BCUT2D eigenvalue weighted by Gasteiger charge is -2.40. The van der Waals surface area contributed by atoms with Gasteiger partial charge >= 0.3 is 0 Å². The molecule has 0 aliphatic carbocycles. The Labute approximate surface area is 144 Å². The summed E-state index contributed by atoms with van der Waals surface area (Å²) in [7, 11) is 3.91. The maximum absolute atomic E-state index is 13.1. The summed E-state index contributed by atoms with van der Waals surface area (Å²) in [6, 6.07) is 7.93. The lowest BCUT2D eigenvalue weighted by atomic mass is 9.77. The van der Waals surface area contributed by atoms with Gasteiger partial charge < -0.3 is 10.2 Å². The van der Waals surface area contributed by atoms with Crippen LogP contribution in [-0.4, -0.2) is 55.3 Å². The average Bonchev–Trinajstić information content (AvgIpc) is 2.88. The molecule has 0 saturated carbocycles. The Bertz CT molecular complexity index is 633. The first-order chi connectivity index (χ1) is 11.4. The van der Waals surface area contributed by atoms with Crippen LogP contribution in [0.2, 0.25) is 0 Å². The van der Waals surface area contributed by atoms with Gasteiger partial charge in [0.1, 0.15) is 6.04 Å². The number of rotatable bonds is 3. The first-order valence-corrected chi connectivity index (χ1v) is 8.69. The molecule has 130 valence electrons. The van der Waals surface area contributed by atoms with Gasteiger partial charge in [0.25, 0.3) is 0 Å². The first-order valence-electron chi connectivity index (χ1n) is 8.69. The van der Waals surface area contributed by atoms with Crippen LogP contribution >= 0.6 is 0 Å². The van der Waals surface area contributed by atoms with Gasteiger partial charge in [-0.1, -0.05) is 29.8 Å². The van der Waals surface area contributed by atoms with E-state index in [0.29, 0.717) is 6.42 Å². The molecule has 1 aromatic carbocycles. The van der Waals surface area contributed by atoms with Crippen LogP contribution in [0.1, 0.15) is 36.4 Å². The molecular weight excluding hydrogens is 302 g/mol. The van der Waals surface area contributed by atoms with Gasteiger partial charge in [-0.15, -0.1) is 0 Å². The van der Waals surface area contributed by atoms with Crippen molar-refractivity contribution in [3.63, 3.8) is 0 Å². The summed E-state index contributed by atoms with van der Waals surface area (Å²) in [4.78, 5) is 28.6. The van der Waals surface area contributed by atoms with E-state index in [9.17, 15) is 9.59 Å². The number of aryl methyl sites for hydroxylation is 1. The number of amides is 2. The second kappa shape index (κ2) is 6.55. The third-order valence-electron chi connectivity index (χ3n) is 5.44. The number of nitrogens with zero attached hydrogens (tertiary/aromatic N) is 2. The predicted octanol–water partition coefficient (Wildman–Crippen LogP) is 1.73. The molecule has 0 unspecified atom stereocenters. The monoisotopic (exact) mass is 329 g/mol. The molecule has 5 nitrogen and oxygen atoms in total. The van der Waals surface area contributed by atoms with Gasteiger partial charge in [0.15, 0.2) is 0 Å². The second-order valence-electron chi connectivity index (χ2n) is 7.56. The van der Waals surface area contributed by atoms with E-state index in [1.165, 1.54) is 5.56 Å². The molecule has 2 amide bonds. The van der Waals surface area contributed by atoms with Crippen molar-refractivity contribution in [2.24, 2.45) is 5.41 Å². The molecule has 0 radical (unpaired) electrons. The quantitative estimate of drug-likeness (QED) is 0.919. The van der Waals surface area contributed by atoms with E-state index < -0.39 is 0 Å². The zero-order chi connectivity index (χ0) is 17.3. The fourth-order valence-electron chi connectivity index (χ4n) is 3.98. The fourth-order valence-corrected chi connectivity index (χ4v) is 3.98. The van der Waals surface area contributed by atoms with Gasteiger partial charge in [0.05, 0.1) is 0 Å². The average molecular weight is 329 g/mol. The molecule has 2 saturated heterocycles. The summed E-state index contributed by atoms with van der Waals surface area (Å²) >= 11 is 0. The number of piperidine rings is 1. The van der Waals surface area contributed by atoms with E-state index in [2.05, 4.69) is 24.4 Å². The Morgan fingerprint density at radius 2 is 2.00 bits per heavy atom. The summed E-state index contributed by atoms with van der Waals surface area (Å²) in [6.45, 7) is 4.30. The van der Waals surface area contributed by atoms with E-state index in [-0.39, 0.29) is 23.3 Å². The number of hydrogen-bond donors (Lipinski definition) is 1. The number of nitrogens with one attached hydrogen (secondary N) is 1. The van der Waals surface area contributed by atoms with Gasteiger partial charge in [-0.05, 0) is 44.8 Å². The normalized spacial score (nSPS) is 21.2. The van der Waals surface area contributed by atoms with E-state index in [1.54, 1.807) is 0 Å². The third-order valence-corrected chi connectivity index (χ3v) is 5.44. The Morgan fingerprint density at radius 1 is 1.29 bits per heavy atom. The molecule has 3 rings (SSSR count). The molecule has 2 aliphatic heterocycles. The van der Waals surface area contributed by atoms with Gasteiger partial charge in [0.2, 0.25) is 11.8 Å². The minimum absolute atomic E-state index is 0.0742. The zero-order valence-electron chi connectivity index (χ0n) is 14.8. The largest absolute Gasteiger partial charge is 0.356 e. The highest BCUT2D eigenvalue weighted by Gasteiger charge is 2.42. The topological polar surface area (TPSA) is 52.7 Å². The second-order valence-corrected chi connectivity index (χ2v) is 7.56. The van der Waals surface area contributed by atoms with Crippen LogP contribution in [0, 0.1) is 12.3 Å². The highest BCUT2D eigenvalue weighted by atomic mass is 16.2. The molecule has 1 N–H and O–H groups in total. The van der Waals surface area contributed by atoms with Crippen LogP contribution in [0.15, 0.2) is 24.3 Å². The summed E-state index contributed by atoms with van der Waals surface area (Å²) in [6.07, 6.45) is 2.43. The highest BCUT2D eigenvalue weighted by molar-refractivity contribution is 5.83. The van der Waals surface area contributed by atoms with Crippen LogP contribution in [0.5, 0.6) is 0 Å². The SMILES string of the molecule is Cc1cccc([C@@H](C(=O)N2CCC3(CC2)CNC(=O)C3)N(C)C)c1. The van der Waals surface area contributed by atoms with Crippen molar-refractivity contribution in [1.29, 1.82) is 0 Å². The van der Waals surface area contributed by atoms with Crippen molar-refractivity contribution in [2.75, 3.05) is 33.7 Å². The number of hydrogen-bond acceptors (Lipinski definition) is 3. The molecule has 5 heteroatoms. The van der Waals surface area contributed by atoms with Gasteiger partial charge in [-0.2, -0.15) is 0 Å². The summed E-state index contributed by atoms with van der Waals surface area (Å²) in [5, 5.41) is 2.95. The Kier molecular flexibility index (Phi) is 4.63. The van der Waals surface area contributed by atoms with E-state index >= 15 is 0 Å². The Morgan fingerprint density at radius 3 is 2.54 bits per heavy atom. The van der Waals surface area contributed by atoms with Gasteiger partial charge in [0, 0.05) is 26.1 Å². The van der Waals surface area contributed by atoms with Crippen LogP contribution in [0.4, 0.5) is 0 Å². The van der Waals surface area contributed by atoms with Crippen LogP contribution in [0.3, 0.4) is 0 Å². The first kappa shape index (κ1) is 17.0. The predicted molar refractivity (Wildman–Crippen MR) is 93.5 cm³/mol. The molecule has 0 bridgehead atoms. The minimum Gasteiger partial charge on any atom is -0.356 e. The molecule has 2 heterocycles. The van der Waals surface area contributed by atoms with Gasteiger partial charge in [-0.25, -0.2) is 0 Å². The molecule has 1 aromatic rings. The number of likely N-dealkylation sites (N-methyl/N-ethyl adjacent to an activating group) is 1. The van der Waals surface area contributed by atoms with Crippen molar-refractivity contribution >= 4 is 11.8 Å². The standard InChI is InChI=1S/C19H27N3O2/c1-14-5-4-6-15(11-14)17(21(2)3)18(24)22-9-7-19(8-10-22)12-16(23)20-13-19/h4-6,11,17H,7-10,12-13H2,1-3H3,(H,20,23)/t17-/m0/s1. The fraction of sp³-hybridized carbons (Fsp3) is 0.579. The number of carbonyl (C=O) groups is 2. The summed E-state index contributed by atoms with van der Waals surface area (Å²) in [5.41, 5.74) is 2.29. The molecule has 1 spiro atoms. The lowest BCUT2D eigenvalue weighted by molar-refractivity contribution is -0.138. The number of carbonyl (C=O) groups excluding carboxylic acids is 2. The van der Waals surface area contributed by atoms with Gasteiger partial charge in [-0.3, -0.25) is 14.5 Å². The lowest BCUT2D eigenvalue weighted by Crippen LogP contribution is -2.47. The van der Waals surface area contributed by atoms with E-state index in [1.807, 2.05) is 36.0 Å². The van der Waals surface area contributed by atoms with Crippen molar-refractivity contribution in [3.8, 4) is 0 Å². The minimum atomic E-state index is -0.248. The van der Waals surface area contributed by atoms with E-state index in [4.69, 9.17) is 0 Å². The number of benzene rings is 1. The van der Waals surface area contributed by atoms with Crippen molar-refractivity contribution in [2.45, 2.75) is 32.2 Å². The molecular formula is C19H27N3O2. The zero-order valence-corrected chi connectivity index (χ0v) is 14.8. The van der Waals surface area contributed by atoms with Crippen molar-refractivity contribution in [3.05, 3.63) is 35.4 Å². The van der Waals surface area contributed by atoms with Crippen molar-refractivity contribution in [1.82, 2.24) is 15.1 Å². The van der Waals surface area contributed by atoms with Crippen LogP contribution in [0.25, 0.3) is 0 Å². The van der Waals surface area contributed by atoms with Crippen LogP contribution < -0.4 is 5.32 Å².